The highest BCUT2D eigenvalue weighted by molar-refractivity contribution is 7.10. The lowest BCUT2D eigenvalue weighted by Gasteiger charge is -2.37. The molecule has 2 fully saturated rings. The molecular weight excluding hydrogens is 446 g/mol. The van der Waals surface area contributed by atoms with E-state index in [4.69, 9.17) is 0 Å². The van der Waals surface area contributed by atoms with Crippen LogP contribution in [0.3, 0.4) is 0 Å². The van der Waals surface area contributed by atoms with Crippen molar-refractivity contribution >= 4 is 34.7 Å². The third kappa shape index (κ3) is 4.03. The van der Waals surface area contributed by atoms with Gasteiger partial charge in [0.2, 0.25) is 11.8 Å². The Balaban J connectivity index is 1.36. The molecule has 2 saturated heterocycles. The Morgan fingerprint density at radius 1 is 1.09 bits per heavy atom. The number of anilines is 2. The van der Waals surface area contributed by atoms with Crippen LogP contribution in [-0.2, 0) is 9.59 Å². The molecule has 1 aromatic carbocycles. The fraction of sp³-hybridized carbons (Fsp3) is 0.308. The smallest absolute Gasteiger partial charge is 0.228 e. The van der Waals surface area contributed by atoms with E-state index < -0.39 is 5.92 Å². The normalized spacial score (nSPS) is 20.5. The zero-order chi connectivity index (χ0) is 23.7. The molecule has 4 heterocycles. The topological polar surface area (TPSA) is 80.5 Å². The average molecular weight is 472 g/mol. The first kappa shape index (κ1) is 22.1. The van der Waals surface area contributed by atoms with Crippen LogP contribution in [-0.4, -0.2) is 47.9 Å². The number of benzene rings is 1. The highest BCUT2D eigenvalue weighted by atomic mass is 32.1. The highest BCUT2D eigenvalue weighted by Crippen LogP contribution is 2.43. The van der Waals surface area contributed by atoms with Crippen LogP contribution in [0.2, 0.25) is 0 Å². The van der Waals surface area contributed by atoms with Crippen molar-refractivity contribution in [2.75, 3.05) is 36.0 Å². The number of carbonyl (C=O) groups is 2. The Kier molecular flexibility index (Phi) is 6.03. The number of aromatic nitrogens is 1. The van der Waals surface area contributed by atoms with Gasteiger partial charge in [-0.3, -0.25) is 9.59 Å². The molecule has 5 rings (SSSR count). The van der Waals surface area contributed by atoms with Crippen molar-refractivity contribution in [1.29, 1.82) is 5.26 Å². The van der Waals surface area contributed by atoms with Crippen molar-refractivity contribution in [2.24, 2.45) is 5.92 Å². The standard InChI is InChI=1S/C26H25N5O2S/c1-18-6-8-20(9-7-18)31-23(32)16-21(24(31)22-5-3-15-34-22)26(33)30-13-11-29(12-14-30)25-19(17-27)4-2-10-28-25/h2-10,15,21,24H,11-14,16H2,1H3. The minimum absolute atomic E-state index is 0.0162. The number of hydrogen-bond donors (Lipinski definition) is 0. The second-order valence-electron chi connectivity index (χ2n) is 8.67. The monoisotopic (exact) mass is 471 g/mol. The molecule has 2 aliphatic rings. The van der Waals surface area contributed by atoms with Crippen LogP contribution in [0.15, 0.2) is 60.1 Å². The summed E-state index contributed by atoms with van der Waals surface area (Å²) in [4.78, 5) is 38.0. The van der Waals surface area contributed by atoms with Crippen molar-refractivity contribution < 1.29 is 9.59 Å². The van der Waals surface area contributed by atoms with Crippen LogP contribution in [0, 0.1) is 24.2 Å². The van der Waals surface area contributed by atoms with Gasteiger partial charge in [0.05, 0.1) is 17.5 Å². The summed E-state index contributed by atoms with van der Waals surface area (Å²) in [6, 6.07) is 17.3. The molecule has 2 atom stereocenters. The Hall–Kier alpha value is -3.70. The number of pyridine rings is 1. The number of carbonyl (C=O) groups excluding carboxylic acids is 2. The van der Waals surface area contributed by atoms with E-state index in [1.165, 1.54) is 0 Å². The van der Waals surface area contributed by atoms with Crippen molar-refractivity contribution in [3.05, 3.63) is 76.1 Å². The number of thiophene rings is 1. The maximum Gasteiger partial charge on any atom is 0.228 e. The first-order chi connectivity index (χ1) is 16.6. The fourth-order valence-corrected chi connectivity index (χ4v) is 5.74. The van der Waals surface area contributed by atoms with Crippen molar-refractivity contribution in [3.63, 3.8) is 0 Å². The summed E-state index contributed by atoms with van der Waals surface area (Å²) < 4.78 is 0. The number of aryl methyl sites for hydroxylation is 1. The van der Waals surface area contributed by atoms with Crippen LogP contribution >= 0.6 is 11.3 Å². The zero-order valence-corrected chi connectivity index (χ0v) is 19.7. The van der Waals surface area contributed by atoms with E-state index in [0.717, 1.165) is 16.1 Å². The molecule has 7 nitrogen and oxygen atoms in total. The molecular formula is C26H25N5O2S. The van der Waals surface area contributed by atoms with E-state index in [2.05, 4.69) is 16.0 Å². The molecule has 0 radical (unpaired) electrons. The van der Waals surface area contributed by atoms with Crippen molar-refractivity contribution in [2.45, 2.75) is 19.4 Å². The predicted octanol–water partition coefficient (Wildman–Crippen LogP) is 3.77. The van der Waals surface area contributed by atoms with Crippen molar-refractivity contribution in [1.82, 2.24) is 9.88 Å². The maximum absolute atomic E-state index is 13.7. The molecule has 0 N–H and O–H groups in total. The van der Waals surface area contributed by atoms with E-state index in [0.29, 0.717) is 37.6 Å². The zero-order valence-electron chi connectivity index (χ0n) is 18.9. The van der Waals surface area contributed by atoms with Crippen LogP contribution in [0.1, 0.15) is 28.5 Å². The van der Waals surface area contributed by atoms with Gasteiger partial charge >= 0.3 is 0 Å². The molecule has 3 aromatic rings. The molecule has 34 heavy (non-hydrogen) atoms. The van der Waals surface area contributed by atoms with Gasteiger partial charge in [-0.05, 0) is 42.6 Å². The van der Waals surface area contributed by atoms with Gasteiger partial charge in [-0.1, -0.05) is 23.8 Å². The third-order valence-electron chi connectivity index (χ3n) is 6.58. The molecule has 0 bridgehead atoms. The second-order valence-corrected chi connectivity index (χ2v) is 9.65. The van der Waals surface area contributed by atoms with Gasteiger partial charge in [0, 0.05) is 49.4 Å². The maximum atomic E-state index is 13.7. The third-order valence-corrected chi connectivity index (χ3v) is 7.53. The number of hydrogen-bond acceptors (Lipinski definition) is 6. The van der Waals surface area contributed by atoms with Gasteiger partial charge in [-0.25, -0.2) is 4.98 Å². The molecule has 0 saturated carbocycles. The summed E-state index contributed by atoms with van der Waals surface area (Å²) in [5.41, 5.74) is 2.49. The lowest BCUT2D eigenvalue weighted by molar-refractivity contribution is -0.136. The summed E-state index contributed by atoms with van der Waals surface area (Å²) >= 11 is 1.58. The Morgan fingerprint density at radius 2 is 1.85 bits per heavy atom. The highest BCUT2D eigenvalue weighted by Gasteiger charge is 2.47. The van der Waals surface area contributed by atoms with Gasteiger partial charge < -0.3 is 14.7 Å². The van der Waals surface area contributed by atoms with E-state index in [9.17, 15) is 14.9 Å². The quantitative estimate of drug-likeness (QED) is 0.579. The van der Waals surface area contributed by atoms with E-state index in [-0.39, 0.29) is 24.3 Å². The van der Waals surface area contributed by atoms with Gasteiger partial charge in [-0.15, -0.1) is 11.3 Å². The number of amides is 2. The lowest BCUT2D eigenvalue weighted by Crippen LogP contribution is -2.51. The molecule has 2 aromatic heterocycles. The summed E-state index contributed by atoms with van der Waals surface area (Å²) in [6.45, 7) is 4.29. The van der Waals surface area contributed by atoms with Gasteiger partial charge in [0.25, 0.3) is 0 Å². The number of nitriles is 1. The summed E-state index contributed by atoms with van der Waals surface area (Å²) in [6.07, 6.45) is 1.89. The van der Waals surface area contributed by atoms with Crippen LogP contribution in [0.5, 0.6) is 0 Å². The van der Waals surface area contributed by atoms with Crippen LogP contribution in [0.25, 0.3) is 0 Å². The molecule has 172 valence electrons. The average Bonchev–Trinajstić information content (AvgIpc) is 3.52. The van der Waals surface area contributed by atoms with E-state index >= 15 is 0 Å². The summed E-state index contributed by atoms with van der Waals surface area (Å²) in [5, 5.41) is 11.4. The lowest BCUT2D eigenvalue weighted by atomic mass is 9.96. The minimum Gasteiger partial charge on any atom is -0.352 e. The Bertz CT molecular complexity index is 1230. The number of nitrogens with zero attached hydrogens (tertiary/aromatic N) is 5. The van der Waals surface area contributed by atoms with E-state index in [1.54, 1.807) is 34.6 Å². The van der Waals surface area contributed by atoms with E-state index in [1.807, 2.05) is 53.6 Å². The Labute approximate surface area is 202 Å². The van der Waals surface area contributed by atoms with Gasteiger partial charge in [0.15, 0.2) is 0 Å². The largest absolute Gasteiger partial charge is 0.352 e. The molecule has 0 aliphatic carbocycles. The first-order valence-corrected chi connectivity index (χ1v) is 12.3. The molecule has 0 spiro atoms. The van der Waals surface area contributed by atoms with Crippen LogP contribution in [0.4, 0.5) is 11.5 Å². The van der Waals surface area contributed by atoms with Crippen molar-refractivity contribution in [3.8, 4) is 6.07 Å². The second kappa shape index (κ2) is 9.27. The van der Waals surface area contributed by atoms with Crippen LogP contribution < -0.4 is 9.80 Å². The molecule has 2 aliphatic heterocycles. The number of rotatable bonds is 4. The Morgan fingerprint density at radius 3 is 2.53 bits per heavy atom. The van der Waals surface area contributed by atoms with Gasteiger partial charge in [-0.2, -0.15) is 5.26 Å². The summed E-state index contributed by atoms with van der Waals surface area (Å²) in [7, 11) is 0. The first-order valence-electron chi connectivity index (χ1n) is 11.4. The fourth-order valence-electron chi connectivity index (χ4n) is 4.86. The molecule has 2 unspecified atom stereocenters. The number of piperazine rings is 1. The van der Waals surface area contributed by atoms with Gasteiger partial charge in [0.1, 0.15) is 11.9 Å². The molecule has 2 amide bonds. The summed E-state index contributed by atoms with van der Waals surface area (Å²) in [5.74, 6) is 0.229. The SMILES string of the molecule is Cc1ccc(N2C(=O)CC(C(=O)N3CCN(c4ncccc4C#N)CC3)C2c2cccs2)cc1. The minimum atomic E-state index is -0.427. The predicted molar refractivity (Wildman–Crippen MR) is 132 cm³/mol. The molecule has 8 heteroatoms.